The first kappa shape index (κ1) is 29.3. The second-order valence-corrected chi connectivity index (χ2v) is 1.39. The Hall–Kier alpha value is 0.610. The minimum atomic E-state index is -0.245. The van der Waals surface area contributed by atoms with Crippen molar-refractivity contribution < 1.29 is 23.9 Å². The summed E-state index contributed by atoms with van der Waals surface area (Å²) in [6.07, 6.45) is 0. The molecule has 0 aliphatic heterocycles. The molecular formula is C7H16Na2O5. The van der Waals surface area contributed by atoms with Crippen LogP contribution >= 0.6 is 0 Å². The molecule has 0 aliphatic rings. The zero-order valence-corrected chi connectivity index (χ0v) is 7.75. The number of carbonyl (C=O) groups is 3. The molecule has 0 fully saturated rings. The SMILES string of the molecule is C=O.COC(C)=O.COC(C)=O.[NaH].[NaH]. The van der Waals surface area contributed by atoms with E-state index in [1.807, 2.05) is 6.79 Å². The maximum absolute atomic E-state index is 9.59. The van der Waals surface area contributed by atoms with Crippen molar-refractivity contribution in [2.24, 2.45) is 0 Å². The molecule has 0 rings (SSSR count). The van der Waals surface area contributed by atoms with Gasteiger partial charge in [0, 0.05) is 13.8 Å². The van der Waals surface area contributed by atoms with Crippen LogP contribution in [0.4, 0.5) is 0 Å². The molecule has 0 aliphatic carbocycles. The minimum absolute atomic E-state index is 0. The molecule has 5 nitrogen and oxygen atoms in total. The Balaban J connectivity index is -0.0000000292. The van der Waals surface area contributed by atoms with E-state index in [0.29, 0.717) is 0 Å². The van der Waals surface area contributed by atoms with Crippen molar-refractivity contribution in [2.75, 3.05) is 14.2 Å². The van der Waals surface area contributed by atoms with E-state index in [1.54, 1.807) is 0 Å². The van der Waals surface area contributed by atoms with Crippen LogP contribution in [0.3, 0.4) is 0 Å². The van der Waals surface area contributed by atoms with E-state index in [2.05, 4.69) is 9.47 Å². The van der Waals surface area contributed by atoms with Gasteiger partial charge in [0.15, 0.2) is 0 Å². The summed E-state index contributed by atoms with van der Waals surface area (Å²) in [5.41, 5.74) is 0. The number of carbonyl (C=O) groups excluding carboxylic acids is 3. The third-order valence-electron chi connectivity index (χ3n) is 0.575. The molecule has 0 saturated carbocycles. The molecule has 7 heteroatoms. The van der Waals surface area contributed by atoms with E-state index in [9.17, 15) is 9.59 Å². The normalized spacial score (nSPS) is 5.14. The van der Waals surface area contributed by atoms with Gasteiger partial charge in [-0.05, 0) is 0 Å². The van der Waals surface area contributed by atoms with Crippen LogP contribution in [0.25, 0.3) is 0 Å². The predicted octanol–water partition coefficient (Wildman–Crippen LogP) is -1.12. The Morgan fingerprint density at radius 2 is 0.929 bits per heavy atom. The van der Waals surface area contributed by atoms with Crippen molar-refractivity contribution >= 4 is 77.8 Å². The predicted molar refractivity (Wildman–Crippen MR) is 56.8 cm³/mol. The van der Waals surface area contributed by atoms with Crippen LogP contribution in [-0.4, -0.2) is 92.1 Å². The summed E-state index contributed by atoms with van der Waals surface area (Å²) in [6, 6.07) is 0. The molecule has 0 aromatic carbocycles. The van der Waals surface area contributed by atoms with E-state index in [1.165, 1.54) is 28.1 Å². The maximum atomic E-state index is 9.59. The van der Waals surface area contributed by atoms with Gasteiger partial charge < -0.3 is 14.3 Å². The second kappa shape index (κ2) is 29.2. The van der Waals surface area contributed by atoms with Gasteiger partial charge in [-0.25, -0.2) is 0 Å². The van der Waals surface area contributed by atoms with Gasteiger partial charge in [-0.3, -0.25) is 9.59 Å². The first-order valence-electron chi connectivity index (χ1n) is 2.92. The second-order valence-electron chi connectivity index (χ2n) is 1.39. The number of hydrogen-bond acceptors (Lipinski definition) is 5. The van der Waals surface area contributed by atoms with Crippen molar-refractivity contribution in [3.8, 4) is 0 Å². The number of rotatable bonds is 0. The van der Waals surface area contributed by atoms with Crippen LogP contribution in [-0.2, 0) is 23.9 Å². The number of esters is 2. The van der Waals surface area contributed by atoms with Crippen molar-refractivity contribution in [1.82, 2.24) is 0 Å². The summed E-state index contributed by atoms with van der Waals surface area (Å²) in [5.74, 6) is -0.491. The Morgan fingerprint density at radius 3 is 0.929 bits per heavy atom. The summed E-state index contributed by atoms with van der Waals surface area (Å²) in [7, 11) is 2.70. The molecular weight excluding hydrogens is 210 g/mol. The van der Waals surface area contributed by atoms with Gasteiger partial charge >= 0.3 is 71.1 Å². The molecule has 0 aromatic rings. The summed E-state index contributed by atoms with van der Waals surface area (Å²) >= 11 is 0. The Morgan fingerprint density at radius 1 is 0.857 bits per heavy atom. The Kier molecular flexibility index (Phi) is 61.1. The van der Waals surface area contributed by atoms with Crippen LogP contribution in [0.1, 0.15) is 13.8 Å². The molecule has 0 amide bonds. The quantitative estimate of drug-likeness (QED) is 0.386. The van der Waals surface area contributed by atoms with Crippen LogP contribution in [0.5, 0.6) is 0 Å². The third kappa shape index (κ3) is 80.0. The zero-order valence-electron chi connectivity index (χ0n) is 7.75. The molecule has 0 saturated heterocycles. The monoisotopic (exact) mass is 226 g/mol. The van der Waals surface area contributed by atoms with Gasteiger partial charge in [0.1, 0.15) is 6.79 Å². The van der Waals surface area contributed by atoms with Gasteiger partial charge in [0.2, 0.25) is 0 Å². The molecule has 0 spiro atoms. The number of methoxy groups -OCH3 is 2. The van der Waals surface area contributed by atoms with E-state index in [0.717, 1.165) is 0 Å². The van der Waals surface area contributed by atoms with Crippen LogP contribution in [0.15, 0.2) is 0 Å². The fraction of sp³-hybridized carbons (Fsp3) is 0.571. The third-order valence-corrected chi connectivity index (χ3v) is 0.575. The Bertz CT molecular complexity index is 115. The summed E-state index contributed by atoms with van der Waals surface area (Å²) in [6.45, 7) is 4.72. The molecule has 0 heterocycles. The first-order chi connectivity index (χ1) is 5.54. The van der Waals surface area contributed by atoms with Crippen molar-refractivity contribution in [1.29, 1.82) is 0 Å². The average Bonchev–Trinajstić information content (AvgIpc) is 2.09. The topological polar surface area (TPSA) is 69.7 Å². The van der Waals surface area contributed by atoms with E-state index in [4.69, 9.17) is 4.79 Å². The summed E-state index contributed by atoms with van der Waals surface area (Å²) in [4.78, 5) is 27.2. The van der Waals surface area contributed by atoms with Gasteiger partial charge in [0.25, 0.3) is 0 Å². The van der Waals surface area contributed by atoms with E-state index in [-0.39, 0.29) is 71.1 Å². The zero-order chi connectivity index (χ0) is 10.6. The van der Waals surface area contributed by atoms with Crippen LogP contribution < -0.4 is 0 Å². The standard InChI is InChI=1S/2C3H6O2.CH2O.2Na.2H/c2*1-3(4)5-2;1-2;;;;/h2*1-2H3;1H2;;;;. The fourth-order valence-electron chi connectivity index (χ4n) is 0. The van der Waals surface area contributed by atoms with Crippen LogP contribution in [0.2, 0.25) is 0 Å². The van der Waals surface area contributed by atoms with Gasteiger partial charge in [-0.1, -0.05) is 0 Å². The molecule has 0 radical (unpaired) electrons. The van der Waals surface area contributed by atoms with Crippen molar-refractivity contribution in [3.05, 3.63) is 0 Å². The molecule has 0 bridgehead atoms. The van der Waals surface area contributed by atoms with Gasteiger partial charge in [-0.2, -0.15) is 0 Å². The number of ether oxygens (including phenoxy) is 2. The molecule has 0 atom stereocenters. The Labute approximate surface area is 128 Å². The van der Waals surface area contributed by atoms with Crippen molar-refractivity contribution in [3.63, 3.8) is 0 Å². The van der Waals surface area contributed by atoms with Gasteiger partial charge in [0.05, 0.1) is 14.2 Å². The van der Waals surface area contributed by atoms with Gasteiger partial charge in [-0.15, -0.1) is 0 Å². The average molecular weight is 226 g/mol. The summed E-state index contributed by atoms with van der Waals surface area (Å²) < 4.78 is 8.22. The van der Waals surface area contributed by atoms with Crippen LogP contribution in [0, 0.1) is 0 Å². The molecule has 76 valence electrons. The molecule has 0 aromatic heterocycles. The number of hydrogen-bond donors (Lipinski definition) is 0. The molecule has 14 heavy (non-hydrogen) atoms. The van der Waals surface area contributed by atoms with E-state index < -0.39 is 0 Å². The van der Waals surface area contributed by atoms with E-state index >= 15 is 0 Å². The first-order valence-corrected chi connectivity index (χ1v) is 2.92. The molecule has 0 unspecified atom stereocenters. The van der Waals surface area contributed by atoms with Crippen molar-refractivity contribution in [2.45, 2.75) is 13.8 Å². The molecule has 0 N–H and O–H groups in total. The summed E-state index contributed by atoms with van der Waals surface area (Å²) in [5, 5.41) is 0. The fourth-order valence-corrected chi connectivity index (χ4v) is 0.